The Hall–Kier alpha value is -2.84. The maximum absolute atomic E-state index is 13.8. The van der Waals surface area contributed by atoms with Crippen LogP contribution in [0.4, 0.5) is 16.0 Å². The number of hydrogen-bond donors (Lipinski definition) is 2. The van der Waals surface area contributed by atoms with Crippen LogP contribution < -0.4 is 5.32 Å². The molecule has 4 aromatic rings. The van der Waals surface area contributed by atoms with Crippen molar-refractivity contribution >= 4 is 46.0 Å². The van der Waals surface area contributed by atoms with Gasteiger partial charge >= 0.3 is 0 Å². The van der Waals surface area contributed by atoms with Crippen molar-refractivity contribution in [1.82, 2.24) is 29.9 Å². The number of nitrogens with one attached hydrogen (secondary N) is 2. The Morgan fingerprint density at radius 2 is 1.88 bits per heavy atom. The van der Waals surface area contributed by atoms with Gasteiger partial charge in [0.2, 0.25) is 0 Å². The van der Waals surface area contributed by atoms with Crippen molar-refractivity contribution in [2.24, 2.45) is 0 Å². The molecule has 0 saturated heterocycles. The molecule has 0 amide bonds. The van der Waals surface area contributed by atoms with E-state index in [0.29, 0.717) is 22.8 Å². The first-order valence-electron chi connectivity index (χ1n) is 7.43. The third-order valence-electron chi connectivity index (χ3n) is 3.62. The summed E-state index contributed by atoms with van der Waals surface area (Å²) in [5.41, 5.74) is 1.95. The second-order valence-electron chi connectivity index (χ2n) is 5.39. The van der Waals surface area contributed by atoms with Gasteiger partial charge in [-0.1, -0.05) is 23.2 Å². The van der Waals surface area contributed by atoms with E-state index in [-0.39, 0.29) is 21.4 Å². The molecule has 0 spiro atoms. The molecular formula is C16H10Cl2FN7. The average Bonchev–Trinajstić information content (AvgIpc) is 3.03. The highest BCUT2D eigenvalue weighted by atomic mass is 35.5. The van der Waals surface area contributed by atoms with Gasteiger partial charge in [0.15, 0.2) is 11.5 Å². The highest BCUT2D eigenvalue weighted by Gasteiger charge is 2.18. The number of rotatable bonds is 3. The van der Waals surface area contributed by atoms with Gasteiger partial charge in [-0.05, 0) is 19.1 Å². The van der Waals surface area contributed by atoms with Gasteiger partial charge in [0.25, 0.3) is 0 Å². The molecule has 3 aromatic heterocycles. The topological polar surface area (TPSA) is 92.3 Å². The van der Waals surface area contributed by atoms with Gasteiger partial charge in [-0.25, -0.2) is 29.3 Å². The maximum atomic E-state index is 13.8. The van der Waals surface area contributed by atoms with E-state index in [1.54, 1.807) is 6.07 Å². The second-order valence-corrected chi connectivity index (χ2v) is 6.18. The lowest BCUT2D eigenvalue weighted by Crippen LogP contribution is -1.98. The molecule has 4 rings (SSSR count). The number of benzene rings is 1. The fourth-order valence-electron chi connectivity index (χ4n) is 2.43. The van der Waals surface area contributed by atoms with Gasteiger partial charge in [-0.15, -0.1) is 0 Å². The zero-order chi connectivity index (χ0) is 18.3. The van der Waals surface area contributed by atoms with Crippen molar-refractivity contribution < 1.29 is 4.39 Å². The first kappa shape index (κ1) is 16.6. The normalized spacial score (nSPS) is 11.1. The van der Waals surface area contributed by atoms with Crippen LogP contribution in [0.5, 0.6) is 0 Å². The number of fused-ring (bicyclic) bond motifs is 1. The minimum Gasteiger partial charge on any atom is -0.333 e. The van der Waals surface area contributed by atoms with Crippen molar-refractivity contribution in [2.75, 3.05) is 5.32 Å². The highest BCUT2D eigenvalue weighted by Crippen LogP contribution is 2.36. The first-order valence-corrected chi connectivity index (χ1v) is 8.19. The molecule has 130 valence electrons. The number of aryl methyl sites for hydroxylation is 1. The monoisotopic (exact) mass is 389 g/mol. The van der Waals surface area contributed by atoms with Gasteiger partial charge in [-0.3, -0.25) is 0 Å². The lowest BCUT2D eigenvalue weighted by molar-refractivity contribution is 0.628. The van der Waals surface area contributed by atoms with Gasteiger partial charge in [0.05, 0.1) is 15.6 Å². The lowest BCUT2D eigenvalue weighted by atomic mass is 10.2. The van der Waals surface area contributed by atoms with Crippen molar-refractivity contribution in [3.63, 3.8) is 0 Å². The summed E-state index contributed by atoms with van der Waals surface area (Å²) in [5.74, 6) is 0.718. The smallest absolute Gasteiger partial charge is 0.183 e. The molecule has 0 bridgehead atoms. The maximum Gasteiger partial charge on any atom is 0.183 e. The van der Waals surface area contributed by atoms with E-state index in [2.05, 4.69) is 35.2 Å². The molecule has 0 aliphatic carbocycles. The SMILES string of the molecule is Cc1cc(Nc2ncnc3nc(-c4c(Cl)ccc(F)c4Cl)[nH]c23)ncn1. The Morgan fingerprint density at radius 3 is 2.69 bits per heavy atom. The zero-order valence-electron chi connectivity index (χ0n) is 13.3. The van der Waals surface area contributed by atoms with Crippen LogP contribution in [-0.4, -0.2) is 29.9 Å². The Labute approximate surface area is 156 Å². The lowest BCUT2D eigenvalue weighted by Gasteiger charge is -2.05. The number of halogens is 3. The summed E-state index contributed by atoms with van der Waals surface area (Å²) in [7, 11) is 0. The summed E-state index contributed by atoms with van der Waals surface area (Å²) in [6, 6.07) is 4.38. The number of aromatic amines is 1. The molecule has 0 aliphatic heterocycles. The van der Waals surface area contributed by atoms with E-state index in [0.717, 1.165) is 5.69 Å². The van der Waals surface area contributed by atoms with Crippen LogP contribution in [0.1, 0.15) is 5.69 Å². The predicted molar refractivity (Wildman–Crippen MR) is 97.1 cm³/mol. The standard InChI is InChI=1S/C16H10Cl2FN7/c1-7-4-10(21-5-20-7)24-15-13-16(23-6-22-15)26-14(25-13)11-8(17)2-3-9(19)12(11)18/h2-6H,1H3,(H2,20,21,22,23,24,25,26). The summed E-state index contributed by atoms with van der Waals surface area (Å²) in [6.07, 6.45) is 2.80. The van der Waals surface area contributed by atoms with Crippen LogP contribution in [0.15, 0.2) is 30.9 Å². The zero-order valence-corrected chi connectivity index (χ0v) is 14.8. The molecule has 0 fully saturated rings. The molecule has 0 unspecified atom stereocenters. The van der Waals surface area contributed by atoms with E-state index < -0.39 is 5.82 Å². The highest BCUT2D eigenvalue weighted by molar-refractivity contribution is 6.39. The summed E-state index contributed by atoms with van der Waals surface area (Å²) >= 11 is 12.2. The summed E-state index contributed by atoms with van der Waals surface area (Å²) in [6.45, 7) is 1.85. The van der Waals surface area contributed by atoms with Crippen LogP contribution in [0.2, 0.25) is 10.0 Å². The molecule has 7 nitrogen and oxygen atoms in total. The van der Waals surface area contributed by atoms with E-state index in [9.17, 15) is 4.39 Å². The van der Waals surface area contributed by atoms with Crippen LogP contribution in [0, 0.1) is 12.7 Å². The summed E-state index contributed by atoms with van der Waals surface area (Å²) in [4.78, 5) is 23.9. The molecule has 2 N–H and O–H groups in total. The molecular weight excluding hydrogens is 380 g/mol. The largest absolute Gasteiger partial charge is 0.333 e. The minimum absolute atomic E-state index is 0.120. The second kappa shape index (κ2) is 6.47. The van der Waals surface area contributed by atoms with E-state index in [1.807, 2.05) is 6.92 Å². The van der Waals surface area contributed by atoms with Gasteiger partial charge in [0.1, 0.15) is 35.6 Å². The van der Waals surface area contributed by atoms with Gasteiger partial charge in [0, 0.05) is 11.8 Å². The molecule has 1 aromatic carbocycles. The van der Waals surface area contributed by atoms with Crippen molar-refractivity contribution in [2.45, 2.75) is 6.92 Å². The Balaban J connectivity index is 1.83. The van der Waals surface area contributed by atoms with Crippen molar-refractivity contribution in [3.8, 4) is 11.4 Å². The number of nitrogens with zero attached hydrogens (tertiary/aromatic N) is 5. The Kier molecular flexibility index (Phi) is 4.14. The van der Waals surface area contributed by atoms with Gasteiger partial charge < -0.3 is 10.3 Å². The first-order chi connectivity index (χ1) is 12.5. The summed E-state index contributed by atoms with van der Waals surface area (Å²) in [5, 5.41) is 3.23. The molecule has 3 heterocycles. The average molecular weight is 390 g/mol. The third-order valence-corrected chi connectivity index (χ3v) is 4.30. The molecule has 10 heteroatoms. The fourth-order valence-corrected chi connectivity index (χ4v) is 2.98. The number of anilines is 2. The number of aromatic nitrogens is 6. The van der Waals surface area contributed by atoms with Crippen LogP contribution >= 0.6 is 23.2 Å². The number of hydrogen-bond acceptors (Lipinski definition) is 6. The summed E-state index contributed by atoms with van der Waals surface area (Å²) < 4.78 is 13.8. The number of imidazole rings is 1. The fraction of sp³-hybridized carbons (Fsp3) is 0.0625. The van der Waals surface area contributed by atoms with E-state index in [1.165, 1.54) is 24.8 Å². The van der Waals surface area contributed by atoms with Crippen molar-refractivity contribution in [3.05, 3.63) is 52.4 Å². The Morgan fingerprint density at radius 1 is 1.08 bits per heavy atom. The van der Waals surface area contributed by atoms with E-state index >= 15 is 0 Å². The van der Waals surface area contributed by atoms with Crippen LogP contribution in [-0.2, 0) is 0 Å². The third kappa shape index (κ3) is 2.93. The van der Waals surface area contributed by atoms with Crippen LogP contribution in [0.25, 0.3) is 22.6 Å². The molecule has 0 saturated carbocycles. The number of H-pyrrole nitrogens is 1. The van der Waals surface area contributed by atoms with Crippen LogP contribution in [0.3, 0.4) is 0 Å². The van der Waals surface area contributed by atoms with Crippen molar-refractivity contribution in [1.29, 1.82) is 0 Å². The quantitative estimate of drug-likeness (QED) is 0.507. The molecule has 0 radical (unpaired) electrons. The predicted octanol–water partition coefficient (Wildman–Crippen LogP) is 4.31. The molecule has 0 aliphatic rings. The molecule has 0 atom stereocenters. The van der Waals surface area contributed by atoms with E-state index in [4.69, 9.17) is 23.2 Å². The minimum atomic E-state index is -0.590. The molecule has 26 heavy (non-hydrogen) atoms. The Bertz CT molecular complexity index is 1130. The van der Waals surface area contributed by atoms with Gasteiger partial charge in [-0.2, -0.15) is 0 Å².